The van der Waals surface area contributed by atoms with Crippen molar-refractivity contribution in [3.05, 3.63) is 124 Å². The van der Waals surface area contributed by atoms with Crippen molar-refractivity contribution >= 4 is 46.0 Å². The van der Waals surface area contributed by atoms with Crippen molar-refractivity contribution in [2.75, 3.05) is 4.90 Å². The highest BCUT2D eigenvalue weighted by Crippen LogP contribution is 2.43. The number of hydrogen-bond acceptors (Lipinski definition) is 7. The van der Waals surface area contributed by atoms with Crippen LogP contribution in [0, 0.1) is 5.82 Å². The number of rotatable bonds is 9. The molecule has 6 nitrogen and oxygen atoms in total. The molecule has 1 aliphatic heterocycles. The Morgan fingerprint density at radius 3 is 2.41 bits per heavy atom. The normalized spacial score (nSPS) is 15.5. The standard InChI is InChI=1S/C30H24FN3O3S2/c1-2-19-8-13-22(14-9-19)26-25(24(35)17-12-20-6-4-3-5-7-20)27(36)28(37)34(26)29-32-33-30(39-29)38-18-21-10-15-23(31)16-11-21/h3-17,26,36H,2,18H2,1H3. The Kier molecular flexibility index (Phi) is 7.99. The molecule has 1 aromatic heterocycles. The zero-order valence-corrected chi connectivity index (χ0v) is 22.6. The van der Waals surface area contributed by atoms with E-state index in [2.05, 4.69) is 10.2 Å². The summed E-state index contributed by atoms with van der Waals surface area (Å²) in [5.41, 5.74) is 3.52. The molecular weight excluding hydrogens is 533 g/mol. The van der Waals surface area contributed by atoms with Crippen LogP contribution in [-0.2, 0) is 21.8 Å². The number of thioether (sulfide) groups is 1. The topological polar surface area (TPSA) is 83.4 Å². The maximum absolute atomic E-state index is 13.4. The molecule has 0 saturated heterocycles. The monoisotopic (exact) mass is 557 g/mol. The summed E-state index contributed by atoms with van der Waals surface area (Å²) in [5, 5.41) is 19.6. The summed E-state index contributed by atoms with van der Waals surface area (Å²) >= 11 is 2.60. The number of nitrogens with zero attached hydrogens (tertiary/aromatic N) is 3. The second-order valence-electron chi connectivity index (χ2n) is 8.81. The van der Waals surface area contributed by atoms with Gasteiger partial charge in [-0.05, 0) is 46.9 Å². The molecular formula is C30H24FN3O3S2. The van der Waals surface area contributed by atoms with Crippen LogP contribution in [0.25, 0.3) is 6.08 Å². The van der Waals surface area contributed by atoms with Crippen molar-refractivity contribution in [3.8, 4) is 0 Å². The Bertz CT molecular complexity index is 1550. The van der Waals surface area contributed by atoms with Gasteiger partial charge >= 0.3 is 0 Å². The molecule has 0 aliphatic carbocycles. The van der Waals surface area contributed by atoms with Gasteiger partial charge in [0.15, 0.2) is 15.9 Å². The van der Waals surface area contributed by atoms with Crippen molar-refractivity contribution in [1.29, 1.82) is 0 Å². The number of hydrogen-bond donors (Lipinski definition) is 1. The lowest BCUT2D eigenvalue weighted by Crippen LogP contribution is -2.30. The number of benzene rings is 3. The molecule has 1 atom stereocenters. The molecule has 0 fully saturated rings. The van der Waals surface area contributed by atoms with Gasteiger partial charge in [0.25, 0.3) is 5.91 Å². The summed E-state index contributed by atoms with van der Waals surface area (Å²) in [5.74, 6) is -1.53. The van der Waals surface area contributed by atoms with Gasteiger partial charge in [-0.25, -0.2) is 4.39 Å². The summed E-state index contributed by atoms with van der Waals surface area (Å²) < 4.78 is 13.8. The molecule has 9 heteroatoms. The Balaban J connectivity index is 1.45. The number of anilines is 1. The lowest BCUT2D eigenvalue weighted by molar-refractivity contribution is -0.117. The van der Waals surface area contributed by atoms with E-state index in [1.807, 2.05) is 61.5 Å². The predicted molar refractivity (Wildman–Crippen MR) is 152 cm³/mol. The van der Waals surface area contributed by atoms with Crippen molar-refractivity contribution in [1.82, 2.24) is 10.2 Å². The van der Waals surface area contributed by atoms with Crippen LogP contribution in [0.2, 0.25) is 0 Å². The van der Waals surface area contributed by atoms with E-state index in [9.17, 15) is 19.1 Å². The lowest BCUT2D eigenvalue weighted by atomic mass is 9.95. The Morgan fingerprint density at radius 2 is 1.72 bits per heavy atom. The van der Waals surface area contributed by atoms with Crippen LogP contribution < -0.4 is 4.90 Å². The highest BCUT2D eigenvalue weighted by atomic mass is 32.2. The zero-order valence-electron chi connectivity index (χ0n) is 21.0. The number of carbonyl (C=O) groups is 2. The van der Waals surface area contributed by atoms with Crippen LogP contribution >= 0.6 is 23.1 Å². The molecule has 0 radical (unpaired) electrons. The predicted octanol–water partition coefficient (Wildman–Crippen LogP) is 6.71. The molecule has 196 valence electrons. The third-order valence-electron chi connectivity index (χ3n) is 6.28. The van der Waals surface area contributed by atoms with Gasteiger partial charge in [-0.3, -0.25) is 14.5 Å². The number of ketones is 1. The Hall–Kier alpha value is -4.08. The quantitative estimate of drug-likeness (QED) is 0.140. The van der Waals surface area contributed by atoms with Crippen LogP contribution in [0.4, 0.5) is 9.52 Å². The average molecular weight is 558 g/mol. The fourth-order valence-electron chi connectivity index (χ4n) is 4.22. The van der Waals surface area contributed by atoms with E-state index >= 15 is 0 Å². The number of aryl methyl sites for hydroxylation is 1. The van der Waals surface area contributed by atoms with Gasteiger partial charge in [0, 0.05) is 5.75 Å². The first-order valence-corrected chi connectivity index (χ1v) is 14.1. The van der Waals surface area contributed by atoms with E-state index in [4.69, 9.17) is 0 Å². The summed E-state index contributed by atoms with van der Waals surface area (Å²) in [6.07, 6.45) is 3.86. The smallest absolute Gasteiger partial charge is 0.296 e. The second-order valence-corrected chi connectivity index (χ2v) is 11.0. The fourth-order valence-corrected chi connectivity index (χ4v) is 6.04. The Labute approximate surface area is 233 Å². The average Bonchev–Trinajstić information content (AvgIpc) is 3.54. The largest absolute Gasteiger partial charge is 0.503 e. The number of aliphatic hydroxyl groups is 1. The summed E-state index contributed by atoms with van der Waals surface area (Å²) in [4.78, 5) is 28.1. The minimum Gasteiger partial charge on any atom is -0.503 e. The number of aromatic nitrogens is 2. The van der Waals surface area contributed by atoms with Gasteiger partial charge < -0.3 is 5.11 Å². The Morgan fingerprint density at radius 1 is 1.03 bits per heavy atom. The van der Waals surface area contributed by atoms with E-state index in [1.165, 1.54) is 46.2 Å². The number of allylic oxidation sites excluding steroid dienone is 1. The third-order valence-corrected chi connectivity index (χ3v) is 8.41. The summed E-state index contributed by atoms with van der Waals surface area (Å²) in [7, 11) is 0. The van der Waals surface area contributed by atoms with E-state index < -0.39 is 23.5 Å². The van der Waals surface area contributed by atoms with Crippen LogP contribution in [0.5, 0.6) is 0 Å². The molecule has 5 rings (SSSR count). The summed E-state index contributed by atoms with van der Waals surface area (Å²) in [6, 6.07) is 22.3. The van der Waals surface area contributed by atoms with Gasteiger partial charge in [-0.2, -0.15) is 0 Å². The lowest BCUT2D eigenvalue weighted by Gasteiger charge is -2.24. The first-order chi connectivity index (χ1) is 18.9. The van der Waals surface area contributed by atoms with E-state index in [1.54, 1.807) is 18.2 Å². The van der Waals surface area contributed by atoms with Gasteiger partial charge in [0.05, 0.1) is 11.6 Å². The van der Waals surface area contributed by atoms with Gasteiger partial charge in [0.1, 0.15) is 5.82 Å². The van der Waals surface area contributed by atoms with Crippen LogP contribution in [0.15, 0.2) is 101 Å². The van der Waals surface area contributed by atoms with Crippen molar-refractivity contribution in [2.45, 2.75) is 29.5 Å². The number of carbonyl (C=O) groups excluding carboxylic acids is 2. The van der Waals surface area contributed by atoms with Crippen LogP contribution in [-0.4, -0.2) is 27.0 Å². The molecule has 1 amide bonds. The fraction of sp³-hybridized carbons (Fsp3) is 0.133. The van der Waals surface area contributed by atoms with Gasteiger partial charge in [-0.1, -0.05) is 103 Å². The van der Waals surface area contributed by atoms with Crippen molar-refractivity contribution in [2.24, 2.45) is 0 Å². The van der Waals surface area contributed by atoms with E-state index in [-0.39, 0.29) is 16.5 Å². The molecule has 1 aliphatic rings. The van der Waals surface area contributed by atoms with Gasteiger partial charge in [0.2, 0.25) is 5.13 Å². The molecule has 1 N–H and O–H groups in total. The molecule has 0 saturated carbocycles. The molecule has 1 unspecified atom stereocenters. The number of aliphatic hydroxyl groups excluding tert-OH is 1. The van der Waals surface area contributed by atoms with Crippen LogP contribution in [0.3, 0.4) is 0 Å². The molecule has 3 aromatic carbocycles. The van der Waals surface area contributed by atoms with Crippen molar-refractivity contribution in [3.63, 3.8) is 0 Å². The molecule has 4 aromatic rings. The van der Waals surface area contributed by atoms with Gasteiger partial charge in [-0.15, -0.1) is 10.2 Å². The maximum Gasteiger partial charge on any atom is 0.296 e. The molecule has 39 heavy (non-hydrogen) atoms. The first kappa shape index (κ1) is 26.5. The third kappa shape index (κ3) is 5.84. The molecule has 0 spiro atoms. The molecule has 2 heterocycles. The van der Waals surface area contributed by atoms with E-state index in [0.29, 0.717) is 15.7 Å². The van der Waals surface area contributed by atoms with Crippen LogP contribution in [0.1, 0.15) is 35.2 Å². The maximum atomic E-state index is 13.4. The SMILES string of the molecule is CCc1ccc(C2C(C(=O)C=Cc3ccccc3)=C(O)C(=O)N2c2nnc(SCc3ccc(F)cc3)s2)cc1. The highest BCUT2D eigenvalue weighted by molar-refractivity contribution is 8.00. The summed E-state index contributed by atoms with van der Waals surface area (Å²) in [6.45, 7) is 2.04. The van der Waals surface area contributed by atoms with Crippen molar-refractivity contribution < 1.29 is 19.1 Å². The zero-order chi connectivity index (χ0) is 27.4. The molecule has 0 bridgehead atoms. The minimum atomic E-state index is -0.862. The van der Waals surface area contributed by atoms with E-state index in [0.717, 1.165) is 23.1 Å². The number of amides is 1. The minimum absolute atomic E-state index is 0.00727. The number of halogens is 1. The second kappa shape index (κ2) is 11.8. The highest BCUT2D eigenvalue weighted by Gasteiger charge is 2.45. The first-order valence-electron chi connectivity index (χ1n) is 12.3.